The Morgan fingerprint density at radius 1 is 1.10 bits per heavy atom. The van der Waals surface area contributed by atoms with Crippen LogP contribution in [0.4, 0.5) is 10.1 Å². The van der Waals surface area contributed by atoms with Crippen LogP contribution in [-0.2, 0) is 14.3 Å². The highest BCUT2D eigenvalue weighted by atomic mass is 19.1. The van der Waals surface area contributed by atoms with Crippen molar-refractivity contribution in [2.75, 3.05) is 50.8 Å². The van der Waals surface area contributed by atoms with Gasteiger partial charge in [0, 0.05) is 26.2 Å². The van der Waals surface area contributed by atoms with E-state index in [1.165, 1.54) is 17.0 Å². The SMILES string of the molecule is O=C(CN1C(=O)C(=Cc2ccc(F)cc2)Oc2ccccc21)NCCN1CCOCC1. The molecule has 2 heterocycles. The molecule has 7 nitrogen and oxygen atoms in total. The second-order valence-corrected chi connectivity index (χ2v) is 7.33. The third-order valence-electron chi connectivity index (χ3n) is 5.16. The third-order valence-corrected chi connectivity index (χ3v) is 5.16. The van der Waals surface area contributed by atoms with E-state index in [0.29, 0.717) is 36.8 Å². The largest absolute Gasteiger partial charge is 0.449 e. The highest BCUT2D eigenvalue weighted by molar-refractivity contribution is 6.12. The molecule has 31 heavy (non-hydrogen) atoms. The number of hydrogen-bond acceptors (Lipinski definition) is 5. The fourth-order valence-electron chi connectivity index (χ4n) is 3.51. The number of nitrogens with one attached hydrogen (secondary N) is 1. The number of benzene rings is 2. The number of halogens is 1. The lowest BCUT2D eigenvalue weighted by Gasteiger charge is -2.30. The number of ether oxygens (including phenoxy) is 2. The minimum atomic E-state index is -0.425. The number of para-hydroxylation sites is 2. The van der Waals surface area contributed by atoms with Crippen molar-refractivity contribution in [1.82, 2.24) is 10.2 Å². The zero-order chi connectivity index (χ0) is 21.6. The Morgan fingerprint density at radius 2 is 1.84 bits per heavy atom. The van der Waals surface area contributed by atoms with Crippen LogP contribution in [-0.4, -0.2) is 62.7 Å². The van der Waals surface area contributed by atoms with Gasteiger partial charge in [-0.25, -0.2) is 4.39 Å². The molecule has 1 fully saturated rings. The van der Waals surface area contributed by atoms with Gasteiger partial charge in [-0.2, -0.15) is 0 Å². The average molecular weight is 425 g/mol. The molecule has 162 valence electrons. The van der Waals surface area contributed by atoms with Gasteiger partial charge < -0.3 is 14.8 Å². The molecule has 0 atom stereocenters. The summed E-state index contributed by atoms with van der Waals surface area (Å²) in [5, 5.41) is 2.88. The van der Waals surface area contributed by atoms with Crippen molar-refractivity contribution in [1.29, 1.82) is 0 Å². The summed E-state index contributed by atoms with van der Waals surface area (Å²) in [6.07, 6.45) is 1.54. The van der Waals surface area contributed by atoms with Crippen LogP contribution in [0.1, 0.15) is 5.56 Å². The zero-order valence-electron chi connectivity index (χ0n) is 17.1. The molecule has 0 unspecified atom stereocenters. The van der Waals surface area contributed by atoms with E-state index in [4.69, 9.17) is 9.47 Å². The van der Waals surface area contributed by atoms with Gasteiger partial charge in [0.1, 0.15) is 12.4 Å². The minimum absolute atomic E-state index is 0.0754. The van der Waals surface area contributed by atoms with Crippen LogP contribution in [0.15, 0.2) is 54.3 Å². The summed E-state index contributed by atoms with van der Waals surface area (Å²) < 4.78 is 24.3. The summed E-state index contributed by atoms with van der Waals surface area (Å²) in [6.45, 7) is 4.22. The molecule has 2 amide bonds. The number of anilines is 1. The van der Waals surface area contributed by atoms with Crippen molar-refractivity contribution in [3.8, 4) is 5.75 Å². The molecule has 2 aromatic carbocycles. The number of carbonyl (C=O) groups excluding carboxylic acids is 2. The van der Waals surface area contributed by atoms with Crippen molar-refractivity contribution in [2.24, 2.45) is 0 Å². The van der Waals surface area contributed by atoms with Gasteiger partial charge in [-0.1, -0.05) is 24.3 Å². The molecule has 0 aliphatic carbocycles. The molecule has 2 aliphatic rings. The van der Waals surface area contributed by atoms with E-state index in [2.05, 4.69) is 10.2 Å². The topological polar surface area (TPSA) is 71.1 Å². The number of morpholine rings is 1. The molecule has 2 aliphatic heterocycles. The number of carbonyl (C=O) groups is 2. The van der Waals surface area contributed by atoms with E-state index in [9.17, 15) is 14.0 Å². The summed E-state index contributed by atoms with van der Waals surface area (Å²) in [5.41, 5.74) is 1.16. The minimum Gasteiger partial charge on any atom is -0.449 e. The number of amides is 2. The summed E-state index contributed by atoms with van der Waals surface area (Å²) >= 11 is 0. The molecule has 8 heteroatoms. The average Bonchev–Trinajstić information content (AvgIpc) is 2.79. The van der Waals surface area contributed by atoms with Gasteiger partial charge in [-0.15, -0.1) is 0 Å². The van der Waals surface area contributed by atoms with Crippen LogP contribution in [0.3, 0.4) is 0 Å². The van der Waals surface area contributed by atoms with E-state index in [1.54, 1.807) is 42.5 Å². The molecule has 0 bridgehead atoms. The van der Waals surface area contributed by atoms with Gasteiger partial charge in [0.05, 0.1) is 18.9 Å². The molecule has 0 aromatic heterocycles. The Labute approximate surface area is 180 Å². The Morgan fingerprint density at radius 3 is 2.61 bits per heavy atom. The fourth-order valence-corrected chi connectivity index (χ4v) is 3.51. The summed E-state index contributed by atoms with van der Waals surface area (Å²) in [7, 11) is 0. The van der Waals surface area contributed by atoms with Crippen molar-refractivity contribution in [3.63, 3.8) is 0 Å². The molecule has 1 saturated heterocycles. The number of nitrogens with zero attached hydrogens (tertiary/aromatic N) is 2. The maximum atomic E-state index is 13.2. The molecule has 0 spiro atoms. The normalized spacial score (nSPS) is 17.9. The molecule has 0 radical (unpaired) electrons. The quantitative estimate of drug-likeness (QED) is 0.718. The standard InChI is InChI=1S/C23H24FN3O4/c24-18-7-5-17(6-8-18)15-21-23(29)27(19-3-1-2-4-20(19)31-21)16-22(28)25-9-10-26-11-13-30-14-12-26/h1-8,15H,9-14,16H2,(H,25,28). The fraction of sp³-hybridized carbons (Fsp3) is 0.304. The lowest BCUT2D eigenvalue weighted by atomic mass is 10.1. The highest BCUT2D eigenvalue weighted by Crippen LogP contribution is 2.35. The van der Waals surface area contributed by atoms with Gasteiger partial charge in [0.2, 0.25) is 5.91 Å². The second kappa shape index (κ2) is 9.72. The summed E-state index contributed by atoms with van der Waals surface area (Å²) in [4.78, 5) is 29.3. The highest BCUT2D eigenvalue weighted by Gasteiger charge is 2.31. The lowest BCUT2D eigenvalue weighted by molar-refractivity contribution is -0.123. The number of hydrogen-bond donors (Lipinski definition) is 1. The Kier molecular flexibility index (Phi) is 6.59. The van der Waals surface area contributed by atoms with Crippen LogP contribution in [0.5, 0.6) is 5.75 Å². The van der Waals surface area contributed by atoms with Crippen LogP contribution < -0.4 is 15.0 Å². The third kappa shape index (κ3) is 5.28. The number of fused-ring (bicyclic) bond motifs is 1. The summed E-state index contributed by atoms with van der Waals surface area (Å²) in [6, 6.07) is 12.8. The predicted molar refractivity (Wildman–Crippen MR) is 114 cm³/mol. The molecule has 2 aromatic rings. The van der Waals surface area contributed by atoms with E-state index in [0.717, 1.165) is 19.6 Å². The van der Waals surface area contributed by atoms with E-state index < -0.39 is 5.91 Å². The maximum absolute atomic E-state index is 13.2. The maximum Gasteiger partial charge on any atom is 0.294 e. The van der Waals surface area contributed by atoms with Gasteiger partial charge in [-0.05, 0) is 35.9 Å². The van der Waals surface area contributed by atoms with Crippen molar-refractivity contribution < 1.29 is 23.5 Å². The first kappa shape index (κ1) is 21.0. The van der Waals surface area contributed by atoms with Crippen molar-refractivity contribution >= 4 is 23.6 Å². The molecular weight excluding hydrogens is 401 g/mol. The Bertz CT molecular complexity index is 971. The van der Waals surface area contributed by atoms with Crippen LogP contribution in [0.2, 0.25) is 0 Å². The molecule has 4 rings (SSSR count). The second-order valence-electron chi connectivity index (χ2n) is 7.33. The smallest absolute Gasteiger partial charge is 0.294 e. The first-order valence-electron chi connectivity index (χ1n) is 10.2. The van der Waals surface area contributed by atoms with Gasteiger partial charge in [-0.3, -0.25) is 19.4 Å². The van der Waals surface area contributed by atoms with Gasteiger partial charge in [0.25, 0.3) is 5.91 Å². The summed E-state index contributed by atoms with van der Waals surface area (Å²) in [5.74, 6) is -0.479. The molecule has 1 N–H and O–H groups in total. The monoisotopic (exact) mass is 425 g/mol. The number of rotatable bonds is 6. The predicted octanol–water partition coefficient (Wildman–Crippen LogP) is 2.04. The first-order chi connectivity index (χ1) is 15.1. The van der Waals surface area contributed by atoms with E-state index in [1.807, 2.05) is 0 Å². The van der Waals surface area contributed by atoms with Gasteiger partial charge in [0.15, 0.2) is 11.5 Å². The van der Waals surface area contributed by atoms with Gasteiger partial charge >= 0.3 is 0 Å². The molecule has 0 saturated carbocycles. The van der Waals surface area contributed by atoms with Crippen LogP contribution >= 0.6 is 0 Å². The Balaban J connectivity index is 1.45. The van der Waals surface area contributed by atoms with Crippen molar-refractivity contribution in [2.45, 2.75) is 0 Å². The van der Waals surface area contributed by atoms with Crippen LogP contribution in [0.25, 0.3) is 6.08 Å². The van der Waals surface area contributed by atoms with E-state index in [-0.39, 0.29) is 24.0 Å². The van der Waals surface area contributed by atoms with Crippen molar-refractivity contribution in [3.05, 3.63) is 65.7 Å². The van der Waals surface area contributed by atoms with Crippen LogP contribution in [0, 0.1) is 5.82 Å². The van der Waals surface area contributed by atoms with E-state index >= 15 is 0 Å². The Hall–Kier alpha value is -3.23. The molecular formula is C23H24FN3O4. The first-order valence-corrected chi connectivity index (χ1v) is 10.2. The lowest BCUT2D eigenvalue weighted by Crippen LogP contribution is -2.46. The zero-order valence-corrected chi connectivity index (χ0v) is 17.1.